The van der Waals surface area contributed by atoms with Crippen molar-refractivity contribution in [2.45, 2.75) is 4.83 Å². The Balaban J connectivity index is 2.50. The number of alkyl halides is 1. The zero-order valence-corrected chi connectivity index (χ0v) is 13.3. The van der Waals surface area contributed by atoms with Crippen molar-refractivity contribution in [3.63, 3.8) is 0 Å². The Kier molecular flexibility index (Phi) is 4.89. The first-order valence-electron chi connectivity index (χ1n) is 5.88. The largest absolute Gasteiger partial charge is 0.497 e. The maximum atomic E-state index is 14.0. The van der Waals surface area contributed by atoms with E-state index in [0.29, 0.717) is 22.1 Å². The quantitative estimate of drug-likeness (QED) is 0.717. The Labute approximate surface area is 130 Å². The maximum absolute atomic E-state index is 14.0. The summed E-state index contributed by atoms with van der Waals surface area (Å²) in [4.78, 5) is -0.406. The molecule has 0 amide bonds. The number of halogens is 3. The molecule has 0 heterocycles. The van der Waals surface area contributed by atoms with Crippen LogP contribution in [-0.2, 0) is 0 Å². The first-order chi connectivity index (χ1) is 9.58. The first-order valence-corrected chi connectivity index (χ1v) is 7.17. The molecule has 2 aromatic rings. The summed E-state index contributed by atoms with van der Waals surface area (Å²) >= 11 is 9.58. The van der Waals surface area contributed by atoms with Crippen molar-refractivity contribution < 1.29 is 13.9 Å². The highest BCUT2D eigenvalue weighted by Crippen LogP contribution is 2.41. The molecule has 20 heavy (non-hydrogen) atoms. The Morgan fingerprint density at radius 1 is 1.15 bits per heavy atom. The van der Waals surface area contributed by atoms with Crippen LogP contribution in [0.4, 0.5) is 4.39 Å². The van der Waals surface area contributed by atoms with Gasteiger partial charge in [-0.3, -0.25) is 0 Å². The van der Waals surface area contributed by atoms with E-state index in [0.717, 1.165) is 5.56 Å². The van der Waals surface area contributed by atoms with E-state index in [1.807, 2.05) is 6.07 Å². The van der Waals surface area contributed by atoms with E-state index in [4.69, 9.17) is 21.1 Å². The molecule has 0 saturated carbocycles. The molecular weight excluding hydrogens is 347 g/mol. The van der Waals surface area contributed by atoms with Gasteiger partial charge in [-0.1, -0.05) is 39.7 Å². The van der Waals surface area contributed by atoms with Gasteiger partial charge >= 0.3 is 0 Å². The number of hydrogen-bond donors (Lipinski definition) is 0. The molecule has 0 N–H and O–H groups in total. The number of ether oxygens (including phenoxy) is 2. The van der Waals surface area contributed by atoms with Gasteiger partial charge in [0.15, 0.2) is 0 Å². The Morgan fingerprint density at radius 3 is 2.50 bits per heavy atom. The molecule has 0 saturated heterocycles. The molecule has 0 fully saturated rings. The predicted octanol–water partition coefficient (Wildman–Crippen LogP) is 4.98. The van der Waals surface area contributed by atoms with Gasteiger partial charge in [0.25, 0.3) is 0 Å². The average Bonchev–Trinajstić information content (AvgIpc) is 2.46. The van der Waals surface area contributed by atoms with Crippen LogP contribution in [0.3, 0.4) is 0 Å². The fourth-order valence-electron chi connectivity index (χ4n) is 1.94. The van der Waals surface area contributed by atoms with Crippen molar-refractivity contribution in [3.8, 4) is 11.5 Å². The van der Waals surface area contributed by atoms with Gasteiger partial charge in [0.2, 0.25) is 0 Å². The average molecular weight is 360 g/mol. The topological polar surface area (TPSA) is 18.5 Å². The summed E-state index contributed by atoms with van der Waals surface area (Å²) in [5.74, 6) is 0.910. The SMILES string of the molecule is COc1ccc(C(Br)c2c(F)cccc2Cl)c(OC)c1. The zero-order chi connectivity index (χ0) is 14.7. The third-order valence-electron chi connectivity index (χ3n) is 2.97. The lowest BCUT2D eigenvalue weighted by Gasteiger charge is -2.17. The van der Waals surface area contributed by atoms with Crippen molar-refractivity contribution in [1.82, 2.24) is 0 Å². The fraction of sp³-hybridized carbons (Fsp3) is 0.200. The lowest BCUT2D eigenvalue weighted by Crippen LogP contribution is -2.01. The third kappa shape index (κ3) is 2.91. The summed E-state index contributed by atoms with van der Waals surface area (Å²) in [6.07, 6.45) is 0. The van der Waals surface area contributed by atoms with E-state index in [2.05, 4.69) is 15.9 Å². The molecule has 5 heteroatoms. The highest BCUT2D eigenvalue weighted by molar-refractivity contribution is 9.09. The number of hydrogen-bond acceptors (Lipinski definition) is 2. The molecule has 2 rings (SSSR count). The predicted molar refractivity (Wildman–Crippen MR) is 81.7 cm³/mol. The molecule has 1 atom stereocenters. The van der Waals surface area contributed by atoms with Gasteiger partial charge in [-0.15, -0.1) is 0 Å². The minimum Gasteiger partial charge on any atom is -0.497 e. The van der Waals surface area contributed by atoms with Crippen LogP contribution >= 0.6 is 27.5 Å². The van der Waals surface area contributed by atoms with Crippen LogP contribution < -0.4 is 9.47 Å². The summed E-state index contributed by atoms with van der Waals surface area (Å²) in [5.41, 5.74) is 1.16. The second kappa shape index (κ2) is 6.46. The van der Waals surface area contributed by atoms with Crippen molar-refractivity contribution >= 4 is 27.5 Å². The Hall–Kier alpha value is -1.26. The van der Waals surface area contributed by atoms with E-state index in [1.165, 1.54) is 6.07 Å². The summed E-state index contributed by atoms with van der Waals surface area (Å²) < 4.78 is 24.5. The van der Waals surface area contributed by atoms with E-state index >= 15 is 0 Å². The minimum atomic E-state index is -0.406. The summed E-state index contributed by atoms with van der Waals surface area (Å²) in [5, 5.41) is 0.366. The molecule has 0 aliphatic heterocycles. The second-order valence-electron chi connectivity index (χ2n) is 4.11. The van der Waals surface area contributed by atoms with Crippen LogP contribution in [0, 0.1) is 5.82 Å². The monoisotopic (exact) mass is 358 g/mol. The molecule has 0 aliphatic rings. The normalized spacial score (nSPS) is 12.1. The molecule has 0 radical (unpaired) electrons. The van der Waals surface area contributed by atoms with Gasteiger partial charge in [-0.2, -0.15) is 0 Å². The van der Waals surface area contributed by atoms with E-state index in [-0.39, 0.29) is 5.82 Å². The standard InChI is InChI=1S/C15H13BrClFO2/c1-19-9-6-7-10(13(8-9)20-2)15(16)14-11(17)4-3-5-12(14)18/h3-8,15H,1-2H3. The van der Waals surface area contributed by atoms with Gasteiger partial charge in [-0.05, 0) is 18.2 Å². The molecule has 2 aromatic carbocycles. The molecule has 1 unspecified atom stereocenters. The van der Waals surface area contributed by atoms with E-state index in [1.54, 1.807) is 38.5 Å². The molecule has 0 aliphatic carbocycles. The molecule has 0 bridgehead atoms. The zero-order valence-electron chi connectivity index (χ0n) is 11.0. The first kappa shape index (κ1) is 15.1. The van der Waals surface area contributed by atoms with E-state index < -0.39 is 4.83 Å². The van der Waals surface area contributed by atoms with Crippen molar-refractivity contribution in [3.05, 3.63) is 58.4 Å². The molecule has 0 aromatic heterocycles. The lowest BCUT2D eigenvalue weighted by atomic mass is 10.0. The molecule has 0 spiro atoms. The number of rotatable bonds is 4. The van der Waals surface area contributed by atoms with Gasteiger partial charge in [0.05, 0.1) is 19.0 Å². The summed E-state index contributed by atoms with van der Waals surface area (Å²) in [6, 6.07) is 9.97. The van der Waals surface area contributed by atoms with Gasteiger partial charge in [0.1, 0.15) is 17.3 Å². The van der Waals surface area contributed by atoms with Crippen LogP contribution in [0.5, 0.6) is 11.5 Å². The van der Waals surface area contributed by atoms with Crippen LogP contribution in [0.2, 0.25) is 5.02 Å². The van der Waals surface area contributed by atoms with Crippen molar-refractivity contribution in [2.24, 2.45) is 0 Å². The van der Waals surface area contributed by atoms with Crippen LogP contribution in [0.15, 0.2) is 36.4 Å². The Morgan fingerprint density at radius 2 is 1.90 bits per heavy atom. The summed E-state index contributed by atoms with van der Waals surface area (Å²) in [6.45, 7) is 0. The molecule has 2 nitrogen and oxygen atoms in total. The Bertz CT molecular complexity index is 599. The van der Waals surface area contributed by atoms with Crippen molar-refractivity contribution in [2.75, 3.05) is 14.2 Å². The van der Waals surface area contributed by atoms with E-state index in [9.17, 15) is 4.39 Å². The lowest BCUT2D eigenvalue weighted by molar-refractivity contribution is 0.391. The highest BCUT2D eigenvalue weighted by atomic mass is 79.9. The van der Waals surface area contributed by atoms with Crippen LogP contribution in [-0.4, -0.2) is 14.2 Å². The fourth-order valence-corrected chi connectivity index (χ4v) is 3.18. The summed E-state index contributed by atoms with van der Waals surface area (Å²) in [7, 11) is 3.13. The minimum absolute atomic E-state index is 0.364. The smallest absolute Gasteiger partial charge is 0.129 e. The number of benzene rings is 2. The van der Waals surface area contributed by atoms with Crippen LogP contribution in [0.25, 0.3) is 0 Å². The van der Waals surface area contributed by atoms with Gasteiger partial charge in [-0.25, -0.2) is 4.39 Å². The van der Waals surface area contributed by atoms with Crippen LogP contribution in [0.1, 0.15) is 16.0 Å². The molecular formula is C15H13BrClFO2. The maximum Gasteiger partial charge on any atom is 0.129 e. The number of methoxy groups -OCH3 is 2. The molecule has 106 valence electrons. The van der Waals surface area contributed by atoms with Crippen molar-refractivity contribution in [1.29, 1.82) is 0 Å². The highest BCUT2D eigenvalue weighted by Gasteiger charge is 2.21. The van der Waals surface area contributed by atoms with Gasteiger partial charge in [0, 0.05) is 22.2 Å². The third-order valence-corrected chi connectivity index (χ3v) is 4.25. The van der Waals surface area contributed by atoms with Gasteiger partial charge < -0.3 is 9.47 Å². The second-order valence-corrected chi connectivity index (χ2v) is 5.43.